The number of para-hydroxylation sites is 1. The highest BCUT2D eigenvalue weighted by Crippen LogP contribution is 2.29. The second kappa shape index (κ2) is 8.92. The molecule has 0 N–H and O–H groups in total. The Morgan fingerprint density at radius 2 is 1.48 bits per heavy atom. The van der Waals surface area contributed by atoms with Crippen LogP contribution < -0.4 is 0 Å². The lowest BCUT2D eigenvalue weighted by Gasteiger charge is -2.19. The van der Waals surface area contributed by atoms with Gasteiger partial charge in [0.15, 0.2) is 6.10 Å². The molecule has 0 aliphatic heterocycles. The summed E-state index contributed by atoms with van der Waals surface area (Å²) in [6.07, 6.45) is -0.338. The number of pyridine rings is 1. The number of hydrogen-bond donors (Lipinski definition) is 0. The average Bonchev–Trinajstić information content (AvgIpc) is 2.82. The number of esters is 1. The standard InChI is InChI=1S/C27H23NO3/c1-3-22-18(2)24(21-16-10-11-17-23(21)28-22)27(30)31-26(20-14-8-5-9-15-20)25(29)19-12-6-4-7-13-19/h4-17,26H,3H2,1-2H3. The maximum atomic E-state index is 13.5. The molecule has 1 aromatic heterocycles. The van der Waals surface area contributed by atoms with Crippen LogP contribution in [0.1, 0.15) is 50.6 Å². The molecule has 0 fully saturated rings. The molecule has 154 valence electrons. The van der Waals surface area contributed by atoms with E-state index in [0.29, 0.717) is 23.1 Å². The van der Waals surface area contributed by atoms with Crippen molar-refractivity contribution in [1.82, 2.24) is 4.98 Å². The van der Waals surface area contributed by atoms with Gasteiger partial charge in [-0.3, -0.25) is 9.78 Å². The summed E-state index contributed by atoms with van der Waals surface area (Å²) < 4.78 is 5.91. The fourth-order valence-corrected chi connectivity index (χ4v) is 3.79. The van der Waals surface area contributed by atoms with Crippen molar-refractivity contribution in [3.8, 4) is 0 Å². The Morgan fingerprint density at radius 1 is 0.871 bits per heavy atom. The van der Waals surface area contributed by atoms with Crippen molar-refractivity contribution < 1.29 is 14.3 Å². The van der Waals surface area contributed by atoms with E-state index in [1.54, 1.807) is 36.4 Å². The van der Waals surface area contributed by atoms with Crippen molar-refractivity contribution in [2.24, 2.45) is 0 Å². The molecule has 0 aliphatic rings. The number of Topliss-reactive ketones (excluding diaryl/α,β-unsaturated/α-hetero) is 1. The fourth-order valence-electron chi connectivity index (χ4n) is 3.79. The smallest absolute Gasteiger partial charge is 0.340 e. The first-order valence-corrected chi connectivity index (χ1v) is 10.3. The van der Waals surface area contributed by atoms with Gasteiger partial charge in [-0.1, -0.05) is 85.8 Å². The van der Waals surface area contributed by atoms with Gasteiger partial charge in [-0.05, 0) is 25.0 Å². The molecular formula is C27H23NO3. The van der Waals surface area contributed by atoms with Crippen LogP contribution >= 0.6 is 0 Å². The van der Waals surface area contributed by atoms with Gasteiger partial charge >= 0.3 is 5.97 Å². The molecule has 3 aromatic carbocycles. The zero-order valence-corrected chi connectivity index (χ0v) is 17.5. The number of rotatable bonds is 6. The van der Waals surface area contributed by atoms with Crippen LogP contribution in [-0.2, 0) is 11.2 Å². The number of carbonyl (C=O) groups is 2. The lowest BCUT2D eigenvalue weighted by Crippen LogP contribution is -2.21. The highest BCUT2D eigenvalue weighted by atomic mass is 16.5. The van der Waals surface area contributed by atoms with E-state index >= 15 is 0 Å². The van der Waals surface area contributed by atoms with Crippen LogP contribution in [0.25, 0.3) is 10.9 Å². The molecule has 0 radical (unpaired) electrons. The molecule has 4 rings (SSSR count). The highest BCUT2D eigenvalue weighted by molar-refractivity contribution is 6.07. The Hall–Kier alpha value is -3.79. The van der Waals surface area contributed by atoms with Crippen LogP contribution in [0.2, 0.25) is 0 Å². The summed E-state index contributed by atoms with van der Waals surface area (Å²) >= 11 is 0. The number of ketones is 1. The van der Waals surface area contributed by atoms with E-state index in [4.69, 9.17) is 4.74 Å². The maximum Gasteiger partial charge on any atom is 0.340 e. The summed E-state index contributed by atoms with van der Waals surface area (Å²) in [6.45, 7) is 3.89. The number of ether oxygens (including phenoxy) is 1. The number of aryl methyl sites for hydroxylation is 1. The van der Waals surface area contributed by atoms with Gasteiger partial charge in [-0.2, -0.15) is 0 Å². The first kappa shape index (κ1) is 20.5. The predicted octanol–water partition coefficient (Wildman–Crippen LogP) is 5.89. The molecule has 31 heavy (non-hydrogen) atoms. The zero-order chi connectivity index (χ0) is 21.8. The molecule has 0 saturated carbocycles. The molecule has 1 unspecified atom stereocenters. The lowest BCUT2D eigenvalue weighted by molar-refractivity contribution is 0.0281. The highest BCUT2D eigenvalue weighted by Gasteiger charge is 2.28. The normalized spacial score (nSPS) is 11.8. The van der Waals surface area contributed by atoms with Gasteiger partial charge < -0.3 is 4.74 Å². The van der Waals surface area contributed by atoms with Gasteiger partial charge in [0.25, 0.3) is 0 Å². The molecule has 0 bridgehead atoms. The number of hydrogen-bond acceptors (Lipinski definition) is 4. The first-order chi connectivity index (χ1) is 15.1. The van der Waals surface area contributed by atoms with Gasteiger partial charge in [-0.25, -0.2) is 4.79 Å². The van der Waals surface area contributed by atoms with E-state index in [2.05, 4.69) is 4.98 Å². The third kappa shape index (κ3) is 4.10. The number of benzene rings is 3. The second-order valence-electron chi connectivity index (χ2n) is 7.36. The van der Waals surface area contributed by atoms with Crippen molar-refractivity contribution in [1.29, 1.82) is 0 Å². The third-order valence-electron chi connectivity index (χ3n) is 5.40. The van der Waals surface area contributed by atoms with Crippen LogP contribution in [0.5, 0.6) is 0 Å². The molecule has 0 aliphatic carbocycles. The predicted molar refractivity (Wildman–Crippen MR) is 121 cm³/mol. The van der Waals surface area contributed by atoms with Crippen LogP contribution in [0, 0.1) is 6.92 Å². The maximum absolute atomic E-state index is 13.5. The van der Waals surface area contributed by atoms with Crippen molar-refractivity contribution >= 4 is 22.7 Å². The van der Waals surface area contributed by atoms with Gasteiger partial charge in [0.1, 0.15) is 0 Å². The van der Waals surface area contributed by atoms with Gasteiger partial charge in [-0.15, -0.1) is 0 Å². The summed E-state index contributed by atoms with van der Waals surface area (Å²) in [5.41, 5.74) is 3.96. The molecule has 1 heterocycles. The van der Waals surface area contributed by atoms with Crippen LogP contribution in [0.3, 0.4) is 0 Å². The Balaban J connectivity index is 1.79. The Morgan fingerprint density at radius 3 is 2.16 bits per heavy atom. The van der Waals surface area contributed by atoms with Crippen molar-refractivity contribution in [2.75, 3.05) is 0 Å². The van der Waals surface area contributed by atoms with E-state index in [1.807, 2.05) is 62.4 Å². The fraction of sp³-hybridized carbons (Fsp3) is 0.148. The van der Waals surface area contributed by atoms with Gasteiger partial charge in [0.2, 0.25) is 5.78 Å². The SMILES string of the molecule is CCc1nc2ccccc2c(C(=O)OC(C(=O)c2ccccc2)c2ccccc2)c1C. The Labute approximate surface area is 181 Å². The molecule has 0 spiro atoms. The minimum absolute atomic E-state index is 0.258. The van der Waals surface area contributed by atoms with Crippen molar-refractivity contribution in [3.63, 3.8) is 0 Å². The van der Waals surface area contributed by atoms with E-state index in [9.17, 15) is 9.59 Å². The van der Waals surface area contributed by atoms with Crippen LogP contribution in [-0.4, -0.2) is 16.7 Å². The van der Waals surface area contributed by atoms with Gasteiger partial charge in [0, 0.05) is 22.2 Å². The van der Waals surface area contributed by atoms with Crippen molar-refractivity contribution in [3.05, 3.63) is 113 Å². The Kier molecular flexibility index (Phi) is 5.89. The van der Waals surface area contributed by atoms with Crippen LogP contribution in [0.4, 0.5) is 0 Å². The van der Waals surface area contributed by atoms with Gasteiger partial charge in [0.05, 0.1) is 11.1 Å². The molecule has 1 atom stereocenters. The number of aromatic nitrogens is 1. The number of carbonyl (C=O) groups excluding carboxylic acids is 2. The monoisotopic (exact) mass is 409 g/mol. The van der Waals surface area contributed by atoms with E-state index in [1.165, 1.54) is 0 Å². The summed E-state index contributed by atoms with van der Waals surface area (Å²) in [5.74, 6) is -0.782. The third-order valence-corrected chi connectivity index (χ3v) is 5.40. The molecule has 4 heteroatoms. The minimum atomic E-state index is -1.03. The molecule has 0 amide bonds. The average molecular weight is 409 g/mol. The Bertz CT molecular complexity index is 1230. The number of fused-ring (bicyclic) bond motifs is 1. The van der Waals surface area contributed by atoms with E-state index in [-0.39, 0.29) is 5.78 Å². The summed E-state index contributed by atoms with van der Waals surface area (Å²) in [7, 11) is 0. The van der Waals surface area contributed by atoms with E-state index < -0.39 is 12.1 Å². The molecule has 0 saturated heterocycles. The first-order valence-electron chi connectivity index (χ1n) is 10.3. The molecule has 4 aromatic rings. The lowest BCUT2D eigenvalue weighted by atomic mass is 9.98. The molecule has 4 nitrogen and oxygen atoms in total. The van der Waals surface area contributed by atoms with Crippen molar-refractivity contribution in [2.45, 2.75) is 26.4 Å². The number of nitrogens with zero attached hydrogens (tertiary/aromatic N) is 1. The summed E-state index contributed by atoms with van der Waals surface area (Å²) in [4.78, 5) is 31.4. The van der Waals surface area contributed by atoms with Crippen LogP contribution in [0.15, 0.2) is 84.9 Å². The minimum Gasteiger partial charge on any atom is -0.445 e. The quantitative estimate of drug-likeness (QED) is 0.294. The van der Waals surface area contributed by atoms with E-state index in [0.717, 1.165) is 22.2 Å². The summed E-state index contributed by atoms with van der Waals surface area (Å²) in [5, 5.41) is 0.723. The second-order valence-corrected chi connectivity index (χ2v) is 7.36. The topological polar surface area (TPSA) is 56.3 Å². The zero-order valence-electron chi connectivity index (χ0n) is 17.5. The summed E-state index contributed by atoms with van der Waals surface area (Å²) in [6, 6.07) is 25.5. The molecular weight excluding hydrogens is 386 g/mol. The largest absolute Gasteiger partial charge is 0.445 e.